The van der Waals surface area contributed by atoms with E-state index in [0.29, 0.717) is 0 Å². The molecule has 4 heteroatoms. The van der Waals surface area contributed by atoms with Gasteiger partial charge in [0.2, 0.25) is 0 Å². The van der Waals surface area contributed by atoms with Crippen LogP contribution in [0.25, 0.3) is 0 Å². The van der Waals surface area contributed by atoms with Crippen LogP contribution in [0.5, 0.6) is 0 Å². The van der Waals surface area contributed by atoms with Gasteiger partial charge in [0.05, 0.1) is 6.61 Å². The Morgan fingerprint density at radius 1 is 1.78 bits per heavy atom. The zero-order chi connectivity index (χ0) is 6.69. The van der Waals surface area contributed by atoms with Gasteiger partial charge in [-0.05, 0) is 23.4 Å². The maximum absolute atomic E-state index is 8.68. The summed E-state index contributed by atoms with van der Waals surface area (Å²) in [6.07, 6.45) is 0. The molecule has 1 aromatic rings. The van der Waals surface area contributed by atoms with E-state index in [1.165, 1.54) is 23.3 Å². The lowest BCUT2D eigenvalue weighted by molar-refractivity contribution is 0.283. The molecule has 0 aromatic carbocycles. The van der Waals surface area contributed by atoms with Crippen molar-refractivity contribution in [3.8, 4) is 0 Å². The Bertz CT molecular complexity index is 168. The molecule has 0 aliphatic heterocycles. The molecular formula is C5H7NOS2. The molecule has 2 nitrogen and oxygen atoms in total. The molecule has 0 atom stereocenters. The van der Waals surface area contributed by atoms with Crippen molar-refractivity contribution in [2.45, 2.75) is 11.5 Å². The van der Waals surface area contributed by atoms with Crippen LogP contribution >= 0.6 is 23.3 Å². The number of nitrogens with two attached hydrogens (primary N) is 1. The molecule has 0 aliphatic rings. The van der Waals surface area contributed by atoms with Gasteiger partial charge in [-0.2, -0.15) is 0 Å². The van der Waals surface area contributed by atoms with Crippen LogP contribution in [0.4, 0.5) is 0 Å². The Kier molecular flexibility index (Phi) is 2.53. The van der Waals surface area contributed by atoms with Crippen molar-refractivity contribution < 1.29 is 5.11 Å². The number of rotatable bonds is 2. The van der Waals surface area contributed by atoms with Gasteiger partial charge in [-0.3, -0.25) is 5.14 Å². The second-order valence-electron chi connectivity index (χ2n) is 1.48. The van der Waals surface area contributed by atoms with Gasteiger partial charge < -0.3 is 5.11 Å². The highest BCUT2D eigenvalue weighted by molar-refractivity contribution is 7.97. The van der Waals surface area contributed by atoms with Crippen molar-refractivity contribution in [2.24, 2.45) is 5.14 Å². The monoisotopic (exact) mass is 161 g/mol. The number of aliphatic hydroxyl groups is 1. The molecular weight excluding hydrogens is 154 g/mol. The first kappa shape index (κ1) is 7.08. The summed E-state index contributed by atoms with van der Waals surface area (Å²) in [5, 5.41) is 15.9. The van der Waals surface area contributed by atoms with Crippen LogP contribution in [0.2, 0.25) is 0 Å². The quantitative estimate of drug-likeness (QED) is 0.641. The van der Waals surface area contributed by atoms with E-state index in [1.54, 1.807) is 0 Å². The Morgan fingerprint density at radius 3 is 3.00 bits per heavy atom. The van der Waals surface area contributed by atoms with Gasteiger partial charge in [-0.1, -0.05) is 0 Å². The number of thiophene rings is 1. The van der Waals surface area contributed by atoms with Crippen LogP contribution in [0.15, 0.2) is 16.3 Å². The molecule has 9 heavy (non-hydrogen) atoms. The van der Waals surface area contributed by atoms with Gasteiger partial charge in [0, 0.05) is 9.77 Å². The number of aliphatic hydroxyl groups excluding tert-OH is 1. The first-order valence-corrected chi connectivity index (χ1v) is 4.18. The van der Waals surface area contributed by atoms with Crippen molar-refractivity contribution in [1.29, 1.82) is 0 Å². The first-order valence-electron chi connectivity index (χ1n) is 2.42. The molecule has 0 spiro atoms. The van der Waals surface area contributed by atoms with Gasteiger partial charge in [-0.15, -0.1) is 11.3 Å². The van der Waals surface area contributed by atoms with E-state index in [2.05, 4.69) is 0 Å². The van der Waals surface area contributed by atoms with E-state index in [1.807, 2.05) is 11.4 Å². The molecule has 0 saturated carbocycles. The first-order chi connectivity index (χ1) is 4.38. The summed E-state index contributed by atoms with van der Waals surface area (Å²) in [7, 11) is 0. The van der Waals surface area contributed by atoms with Gasteiger partial charge in [0.25, 0.3) is 0 Å². The molecule has 0 radical (unpaired) electrons. The second-order valence-corrected chi connectivity index (χ2v) is 3.16. The topological polar surface area (TPSA) is 46.2 Å². The highest BCUT2D eigenvalue weighted by Crippen LogP contribution is 2.23. The summed E-state index contributed by atoms with van der Waals surface area (Å²) in [5.41, 5.74) is 0. The lowest BCUT2D eigenvalue weighted by Gasteiger charge is -1.91. The van der Waals surface area contributed by atoms with Gasteiger partial charge in [-0.25, -0.2) is 0 Å². The van der Waals surface area contributed by atoms with Gasteiger partial charge >= 0.3 is 0 Å². The number of hydrogen-bond donors (Lipinski definition) is 2. The van der Waals surface area contributed by atoms with Gasteiger partial charge in [0.15, 0.2) is 0 Å². The Morgan fingerprint density at radius 2 is 2.56 bits per heavy atom. The van der Waals surface area contributed by atoms with Crippen LogP contribution in [0.1, 0.15) is 4.88 Å². The van der Waals surface area contributed by atoms with E-state index in [0.717, 1.165) is 9.77 Å². The van der Waals surface area contributed by atoms with Crippen molar-refractivity contribution in [2.75, 3.05) is 0 Å². The minimum atomic E-state index is 0.0944. The van der Waals surface area contributed by atoms with Crippen molar-refractivity contribution in [3.05, 3.63) is 16.3 Å². The van der Waals surface area contributed by atoms with Crippen LogP contribution in [0, 0.1) is 0 Å². The fourth-order valence-corrected chi connectivity index (χ4v) is 1.89. The summed E-state index contributed by atoms with van der Waals surface area (Å²) < 4.78 is 0. The van der Waals surface area contributed by atoms with E-state index in [-0.39, 0.29) is 6.61 Å². The van der Waals surface area contributed by atoms with Crippen molar-refractivity contribution in [3.63, 3.8) is 0 Å². The SMILES string of the molecule is NSc1ccsc1CO. The molecule has 0 bridgehead atoms. The maximum atomic E-state index is 8.68. The van der Waals surface area contributed by atoms with E-state index >= 15 is 0 Å². The minimum absolute atomic E-state index is 0.0944. The summed E-state index contributed by atoms with van der Waals surface area (Å²) in [5.74, 6) is 0. The van der Waals surface area contributed by atoms with Crippen LogP contribution in [0.3, 0.4) is 0 Å². The average molecular weight is 161 g/mol. The van der Waals surface area contributed by atoms with Crippen LogP contribution in [-0.2, 0) is 6.61 Å². The third-order valence-electron chi connectivity index (χ3n) is 0.975. The maximum Gasteiger partial charge on any atom is 0.0786 e. The predicted octanol–water partition coefficient (Wildman–Crippen LogP) is 1.21. The highest BCUT2D eigenvalue weighted by atomic mass is 32.2. The largest absolute Gasteiger partial charge is 0.391 e. The molecule has 0 unspecified atom stereocenters. The van der Waals surface area contributed by atoms with Crippen molar-refractivity contribution in [1.82, 2.24) is 0 Å². The zero-order valence-electron chi connectivity index (χ0n) is 4.70. The molecule has 0 fully saturated rings. The number of hydrogen-bond acceptors (Lipinski definition) is 4. The fourth-order valence-electron chi connectivity index (χ4n) is 0.549. The Labute approximate surface area is 61.8 Å². The minimum Gasteiger partial charge on any atom is -0.391 e. The normalized spacial score (nSPS) is 10.0. The summed E-state index contributed by atoms with van der Waals surface area (Å²) >= 11 is 2.70. The lowest BCUT2D eigenvalue weighted by Crippen LogP contribution is -1.82. The van der Waals surface area contributed by atoms with Crippen LogP contribution in [-0.4, -0.2) is 5.11 Å². The zero-order valence-corrected chi connectivity index (χ0v) is 6.34. The van der Waals surface area contributed by atoms with E-state index in [9.17, 15) is 0 Å². The standard InChI is InChI=1S/C5H7NOS2/c6-9-4-1-2-8-5(4)3-7/h1-2,7H,3,6H2. The van der Waals surface area contributed by atoms with Crippen LogP contribution < -0.4 is 5.14 Å². The van der Waals surface area contributed by atoms with E-state index in [4.69, 9.17) is 10.2 Å². The lowest BCUT2D eigenvalue weighted by atomic mass is 10.5. The summed E-state index contributed by atoms with van der Waals surface area (Å²) in [6, 6.07) is 1.90. The predicted molar refractivity (Wildman–Crippen MR) is 40.3 cm³/mol. The molecule has 0 saturated heterocycles. The third-order valence-corrected chi connectivity index (χ3v) is 2.65. The molecule has 1 rings (SSSR count). The molecule has 50 valence electrons. The Hall–Kier alpha value is -0.0300. The van der Waals surface area contributed by atoms with Crippen molar-refractivity contribution >= 4 is 23.3 Å². The third kappa shape index (κ3) is 1.46. The summed E-state index contributed by atoms with van der Waals surface area (Å²) in [4.78, 5) is 1.92. The van der Waals surface area contributed by atoms with E-state index < -0.39 is 0 Å². The molecule has 0 amide bonds. The highest BCUT2D eigenvalue weighted by Gasteiger charge is 1.99. The summed E-state index contributed by atoms with van der Waals surface area (Å²) in [6.45, 7) is 0.0944. The Balaban J connectivity index is 2.85. The second kappa shape index (κ2) is 3.22. The smallest absolute Gasteiger partial charge is 0.0786 e. The van der Waals surface area contributed by atoms with Gasteiger partial charge in [0.1, 0.15) is 0 Å². The molecule has 1 aromatic heterocycles. The molecule has 1 heterocycles. The fraction of sp³-hybridized carbons (Fsp3) is 0.200. The average Bonchev–Trinajstić information content (AvgIpc) is 2.33. The molecule has 0 aliphatic carbocycles. The molecule has 3 N–H and O–H groups in total.